The maximum atomic E-state index is 8.50. The van der Waals surface area contributed by atoms with Crippen LogP contribution < -0.4 is 14.8 Å². The van der Waals surface area contributed by atoms with E-state index in [0.29, 0.717) is 19.6 Å². The van der Waals surface area contributed by atoms with Gasteiger partial charge in [0.1, 0.15) is 18.1 Å². The van der Waals surface area contributed by atoms with Crippen LogP contribution in [0.15, 0.2) is 54.6 Å². The van der Waals surface area contributed by atoms with Gasteiger partial charge in [0.25, 0.3) is 0 Å². The van der Waals surface area contributed by atoms with Crippen molar-refractivity contribution >= 4 is 0 Å². The molecule has 0 spiro atoms. The van der Waals surface area contributed by atoms with Crippen molar-refractivity contribution in [2.75, 3.05) is 19.8 Å². The lowest BCUT2D eigenvalue weighted by molar-refractivity contribution is 0.310. The van der Waals surface area contributed by atoms with Crippen molar-refractivity contribution in [2.24, 2.45) is 0 Å². The Morgan fingerprint density at radius 2 is 1.70 bits per heavy atom. The van der Waals surface area contributed by atoms with Gasteiger partial charge in [-0.05, 0) is 36.2 Å². The molecule has 0 heterocycles. The van der Waals surface area contributed by atoms with Gasteiger partial charge in [0.05, 0.1) is 12.7 Å². The van der Waals surface area contributed by atoms with Crippen molar-refractivity contribution in [1.82, 2.24) is 5.32 Å². The summed E-state index contributed by atoms with van der Waals surface area (Å²) in [5.41, 5.74) is 1.17. The normalized spacial score (nSPS) is 10.0. The number of nitriles is 1. The molecule has 0 amide bonds. The molecule has 2 rings (SSSR count). The average molecular weight is 310 g/mol. The van der Waals surface area contributed by atoms with Crippen LogP contribution in [0.1, 0.15) is 18.4 Å². The lowest BCUT2D eigenvalue weighted by Crippen LogP contribution is -2.20. The second-order valence-corrected chi connectivity index (χ2v) is 5.10. The molecule has 0 atom stereocenters. The number of hydrogen-bond donors (Lipinski definition) is 1. The maximum Gasteiger partial charge on any atom is 0.119 e. The fourth-order valence-corrected chi connectivity index (χ4v) is 2.08. The average Bonchev–Trinajstić information content (AvgIpc) is 2.60. The third-order valence-electron chi connectivity index (χ3n) is 3.22. The zero-order valence-electron chi connectivity index (χ0n) is 13.2. The highest BCUT2D eigenvalue weighted by Gasteiger charge is 1.98. The van der Waals surface area contributed by atoms with Gasteiger partial charge in [-0.3, -0.25) is 0 Å². The third kappa shape index (κ3) is 6.86. The molecule has 0 aliphatic rings. The molecule has 4 heteroatoms. The van der Waals surface area contributed by atoms with E-state index >= 15 is 0 Å². The Kier molecular flexibility index (Phi) is 7.51. The van der Waals surface area contributed by atoms with E-state index in [2.05, 4.69) is 17.5 Å². The summed E-state index contributed by atoms with van der Waals surface area (Å²) in [5, 5.41) is 11.8. The minimum atomic E-state index is 0.530. The van der Waals surface area contributed by atoms with Crippen LogP contribution in [0.2, 0.25) is 0 Å². The topological polar surface area (TPSA) is 54.3 Å². The summed E-state index contributed by atoms with van der Waals surface area (Å²) in [6.07, 6.45) is 1.29. The zero-order chi connectivity index (χ0) is 16.2. The summed E-state index contributed by atoms with van der Waals surface area (Å²) in [6, 6.07) is 19.9. The first-order chi connectivity index (χ1) is 11.4. The molecule has 0 aromatic heterocycles. The van der Waals surface area contributed by atoms with Crippen molar-refractivity contribution in [3.8, 4) is 17.6 Å². The molecule has 2 aromatic rings. The smallest absolute Gasteiger partial charge is 0.119 e. The Morgan fingerprint density at radius 3 is 2.52 bits per heavy atom. The predicted octanol–water partition coefficient (Wildman–Crippen LogP) is 3.54. The van der Waals surface area contributed by atoms with Crippen LogP contribution in [0.5, 0.6) is 11.5 Å². The van der Waals surface area contributed by atoms with Gasteiger partial charge in [0, 0.05) is 19.5 Å². The third-order valence-corrected chi connectivity index (χ3v) is 3.22. The van der Waals surface area contributed by atoms with Crippen LogP contribution >= 0.6 is 0 Å². The van der Waals surface area contributed by atoms with Crippen LogP contribution in [0.3, 0.4) is 0 Å². The number of unbranched alkanes of at least 4 members (excludes halogenated alkanes) is 1. The monoisotopic (exact) mass is 310 g/mol. The molecule has 0 saturated heterocycles. The second-order valence-electron chi connectivity index (χ2n) is 5.10. The molecule has 2 aromatic carbocycles. The molecule has 4 nitrogen and oxygen atoms in total. The number of nitrogens with zero attached hydrogens (tertiary/aromatic N) is 1. The van der Waals surface area contributed by atoms with Gasteiger partial charge < -0.3 is 14.8 Å². The standard InChI is InChI=1S/C19H22N2O2/c20-11-4-5-13-22-19-10-6-7-17(15-19)16-21-12-14-23-18-8-2-1-3-9-18/h1-3,6-10,15,21H,4-5,12-14,16H2. The van der Waals surface area contributed by atoms with Gasteiger partial charge in [-0.25, -0.2) is 0 Å². The van der Waals surface area contributed by atoms with Crippen molar-refractivity contribution in [3.05, 3.63) is 60.2 Å². The number of hydrogen-bond acceptors (Lipinski definition) is 4. The van der Waals surface area contributed by atoms with Crippen LogP contribution in [0, 0.1) is 11.3 Å². The minimum absolute atomic E-state index is 0.530. The van der Waals surface area contributed by atoms with E-state index in [4.69, 9.17) is 14.7 Å². The molecule has 1 N–H and O–H groups in total. The number of para-hydroxylation sites is 1. The predicted molar refractivity (Wildman–Crippen MR) is 90.4 cm³/mol. The molecule has 0 bridgehead atoms. The number of rotatable bonds is 10. The minimum Gasteiger partial charge on any atom is -0.494 e. The van der Waals surface area contributed by atoms with Gasteiger partial charge in [0.2, 0.25) is 0 Å². The van der Waals surface area contributed by atoms with E-state index in [1.807, 2.05) is 48.5 Å². The molecule has 0 aliphatic heterocycles. The molecule has 0 aliphatic carbocycles. The first-order valence-electron chi connectivity index (χ1n) is 7.86. The Labute approximate surface area is 137 Å². The summed E-state index contributed by atoms with van der Waals surface area (Å²) in [5.74, 6) is 1.74. The number of ether oxygens (including phenoxy) is 2. The molecule has 0 unspecified atom stereocenters. The summed E-state index contributed by atoms with van der Waals surface area (Å²) in [4.78, 5) is 0. The van der Waals surface area contributed by atoms with Crippen LogP contribution in [-0.4, -0.2) is 19.8 Å². The van der Waals surface area contributed by atoms with Gasteiger partial charge >= 0.3 is 0 Å². The van der Waals surface area contributed by atoms with Crippen LogP contribution in [-0.2, 0) is 6.54 Å². The van der Waals surface area contributed by atoms with Crippen molar-refractivity contribution in [1.29, 1.82) is 5.26 Å². The van der Waals surface area contributed by atoms with E-state index in [-0.39, 0.29) is 0 Å². The molecule has 23 heavy (non-hydrogen) atoms. The first-order valence-corrected chi connectivity index (χ1v) is 7.86. The van der Waals surface area contributed by atoms with Crippen molar-refractivity contribution < 1.29 is 9.47 Å². The second kappa shape index (κ2) is 10.3. The van der Waals surface area contributed by atoms with Crippen molar-refractivity contribution in [3.63, 3.8) is 0 Å². The fourth-order valence-electron chi connectivity index (χ4n) is 2.08. The van der Waals surface area contributed by atoms with Gasteiger partial charge in [0.15, 0.2) is 0 Å². The SMILES string of the molecule is N#CCCCOc1cccc(CNCCOc2ccccc2)c1. The molecule has 0 radical (unpaired) electrons. The summed E-state index contributed by atoms with van der Waals surface area (Å²) >= 11 is 0. The van der Waals surface area contributed by atoms with E-state index < -0.39 is 0 Å². The Hall–Kier alpha value is -2.51. The van der Waals surface area contributed by atoms with E-state index in [0.717, 1.165) is 31.0 Å². The molecule has 0 fully saturated rings. The Morgan fingerprint density at radius 1 is 0.913 bits per heavy atom. The summed E-state index contributed by atoms with van der Waals surface area (Å²) in [6.45, 7) is 2.76. The quantitative estimate of drug-likeness (QED) is 0.682. The molecule has 120 valence electrons. The lowest BCUT2D eigenvalue weighted by atomic mass is 10.2. The Bertz CT molecular complexity index is 608. The fraction of sp³-hybridized carbons (Fsp3) is 0.316. The molecule has 0 saturated carbocycles. The van der Waals surface area contributed by atoms with E-state index in [1.54, 1.807) is 0 Å². The van der Waals surface area contributed by atoms with Crippen LogP contribution in [0.25, 0.3) is 0 Å². The van der Waals surface area contributed by atoms with Gasteiger partial charge in [-0.15, -0.1) is 0 Å². The molecular weight excluding hydrogens is 288 g/mol. The van der Waals surface area contributed by atoms with Crippen molar-refractivity contribution in [2.45, 2.75) is 19.4 Å². The maximum absolute atomic E-state index is 8.50. The Balaban J connectivity index is 1.64. The first kappa shape index (κ1) is 16.9. The van der Waals surface area contributed by atoms with Crippen LogP contribution in [0.4, 0.5) is 0 Å². The summed E-state index contributed by atoms with van der Waals surface area (Å²) in [7, 11) is 0. The summed E-state index contributed by atoms with van der Waals surface area (Å²) < 4.78 is 11.3. The number of nitrogens with one attached hydrogen (secondary N) is 1. The lowest BCUT2D eigenvalue weighted by Gasteiger charge is -2.09. The molecular formula is C19H22N2O2. The number of benzene rings is 2. The zero-order valence-corrected chi connectivity index (χ0v) is 13.2. The van der Waals surface area contributed by atoms with E-state index in [9.17, 15) is 0 Å². The highest BCUT2D eigenvalue weighted by atomic mass is 16.5. The highest BCUT2D eigenvalue weighted by Crippen LogP contribution is 2.13. The highest BCUT2D eigenvalue weighted by molar-refractivity contribution is 5.28. The van der Waals surface area contributed by atoms with Gasteiger partial charge in [-0.1, -0.05) is 30.3 Å². The van der Waals surface area contributed by atoms with E-state index in [1.165, 1.54) is 5.56 Å². The largest absolute Gasteiger partial charge is 0.494 e. The van der Waals surface area contributed by atoms with Gasteiger partial charge in [-0.2, -0.15) is 5.26 Å².